The van der Waals surface area contributed by atoms with Crippen LogP contribution in [0.3, 0.4) is 0 Å². The lowest BCUT2D eigenvalue weighted by Crippen LogP contribution is -2.47. The van der Waals surface area contributed by atoms with Crippen molar-refractivity contribution >= 4 is 29.1 Å². The maximum absolute atomic E-state index is 13.9. The zero-order valence-corrected chi connectivity index (χ0v) is 20.4. The lowest BCUT2D eigenvalue weighted by molar-refractivity contribution is -0.132. The highest BCUT2D eigenvalue weighted by Crippen LogP contribution is 2.30. The minimum Gasteiger partial charge on any atom is -0.341 e. The highest BCUT2D eigenvalue weighted by Gasteiger charge is 2.31. The monoisotopic (exact) mass is 460 g/mol. The van der Waals surface area contributed by atoms with E-state index in [1.807, 2.05) is 53.4 Å². The zero-order valence-electron chi connectivity index (χ0n) is 18.9. The molecule has 31 heavy (non-hydrogen) atoms. The van der Waals surface area contributed by atoms with Gasteiger partial charge in [-0.05, 0) is 80.6 Å². The van der Waals surface area contributed by atoms with Crippen LogP contribution in [0.1, 0.15) is 57.1 Å². The van der Waals surface area contributed by atoms with Gasteiger partial charge in [0.25, 0.3) is 0 Å². The number of rotatable bonds is 9. The Bertz CT molecular complexity index is 784. The van der Waals surface area contributed by atoms with E-state index in [-0.39, 0.29) is 11.8 Å². The Morgan fingerprint density at radius 3 is 1.84 bits per heavy atom. The van der Waals surface area contributed by atoms with Crippen molar-refractivity contribution in [3.05, 3.63) is 69.7 Å². The Morgan fingerprint density at radius 1 is 0.935 bits per heavy atom. The third-order valence-corrected chi connectivity index (χ3v) is 6.68. The predicted molar refractivity (Wildman–Crippen MR) is 131 cm³/mol. The smallest absolute Gasteiger partial charge is 0.234 e. The summed E-state index contributed by atoms with van der Waals surface area (Å²) in [7, 11) is 0. The van der Waals surface area contributed by atoms with Crippen LogP contribution >= 0.6 is 23.2 Å². The molecular formula is C26H34Cl2N2O. The second kappa shape index (κ2) is 11.4. The topological polar surface area (TPSA) is 23.6 Å². The summed E-state index contributed by atoms with van der Waals surface area (Å²) in [4.78, 5) is 18.5. The van der Waals surface area contributed by atoms with Crippen molar-refractivity contribution in [1.29, 1.82) is 0 Å². The number of nitrogens with zero attached hydrogens (tertiary/aromatic N) is 2. The first-order valence-corrected chi connectivity index (χ1v) is 12.2. The number of amides is 1. The third-order valence-electron chi connectivity index (χ3n) is 6.18. The Hall–Kier alpha value is -1.55. The normalized spacial score (nSPS) is 15.6. The molecule has 2 aromatic rings. The number of hydrogen-bond acceptors (Lipinski definition) is 2. The molecule has 0 saturated carbocycles. The first kappa shape index (κ1) is 24.1. The first-order valence-electron chi connectivity index (χ1n) is 11.4. The first-order chi connectivity index (χ1) is 14.9. The molecule has 1 saturated heterocycles. The van der Waals surface area contributed by atoms with Crippen LogP contribution in [0.5, 0.6) is 0 Å². The Kier molecular flexibility index (Phi) is 8.83. The molecule has 1 amide bonds. The largest absolute Gasteiger partial charge is 0.341 e. The van der Waals surface area contributed by atoms with Gasteiger partial charge in [-0.15, -0.1) is 0 Å². The van der Waals surface area contributed by atoms with E-state index >= 15 is 0 Å². The fourth-order valence-corrected chi connectivity index (χ4v) is 4.84. The van der Waals surface area contributed by atoms with E-state index in [0.29, 0.717) is 28.5 Å². The molecule has 2 aromatic carbocycles. The molecule has 1 aliphatic rings. The number of likely N-dealkylation sites (tertiary alicyclic amines) is 1. The van der Waals surface area contributed by atoms with Crippen LogP contribution in [0, 0.1) is 5.92 Å². The van der Waals surface area contributed by atoms with Crippen LogP contribution in [0.25, 0.3) is 0 Å². The minimum atomic E-state index is -0.368. The molecule has 1 atom stereocenters. The van der Waals surface area contributed by atoms with E-state index in [2.05, 4.69) is 25.7 Å². The van der Waals surface area contributed by atoms with E-state index < -0.39 is 0 Å². The third kappa shape index (κ3) is 6.47. The van der Waals surface area contributed by atoms with Crippen molar-refractivity contribution in [3.8, 4) is 0 Å². The van der Waals surface area contributed by atoms with E-state index in [1.165, 1.54) is 12.8 Å². The molecule has 3 rings (SSSR count). The quantitative estimate of drug-likeness (QED) is 0.427. The van der Waals surface area contributed by atoms with Crippen molar-refractivity contribution in [3.63, 3.8) is 0 Å². The van der Waals surface area contributed by atoms with E-state index in [0.717, 1.165) is 37.2 Å². The summed E-state index contributed by atoms with van der Waals surface area (Å²) in [6, 6.07) is 15.7. The summed E-state index contributed by atoms with van der Waals surface area (Å²) in [5.74, 6) is 0.371. The molecule has 1 heterocycles. The average Bonchev–Trinajstić information content (AvgIpc) is 3.28. The van der Waals surface area contributed by atoms with Crippen LogP contribution < -0.4 is 0 Å². The maximum atomic E-state index is 13.9. The van der Waals surface area contributed by atoms with Gasteiger partial charge >= 0.3 is 0 Å². The summed E-state index contributed by atoms with van der Waals surface area (Å²) in [6.07, 6.45) is 3.62. The van der Waals surface area contributed by atoms with E-state index in [4.69, 9.17) is 23.2 Å². The van der Waals surface area contributed by atoms with Gasteiger partial charge in [0.1, 0.15) is 0 Å². The van der Waals surface area contributed by atoms with E-state index in [9.17, 15) is 4.79 Å². The Labute approximate surface area is 197 Å². The Morgan fingerprint density at radius 2 is 1.42 bits per heavy atom. The summed E-state index contributed by atoms with van der Waals surface area (Å²) in [6.45, 7) is 10.4. The Balaban J connectivity index is 1.89. The lowest BCUT2D eigenvalue weighted by Gasteiger charge is -2.35. The highest BCUT2D eigenvalue weighted by molar-refractivity contribution is 6.30. The van der Waals surface area contributed by atoms with Gasteiger partial charge in [-0.1, -0.05) is 61.3 Å². The molecule has 3 nitrogen and oxygen atoms in total. The molecule has 1 unspecified atom stereocenters. The van der Waals surface area contributed by atoms with Crippen LogP contribution in [-0.4, -0.2) is 47.9 Å². The number of likely N-dealkylation sites (N-methyl/N-ethyl adjacent to an activating group) is 1. The lowest BCUT2D eigenvalue weighted by atomic mass is 9.89. The molecule has 0 spiro atoms. The number of carbonyl (C=O) groups excluding carboxylic acids is 1. The zero-order chi connectivity index (χ0) is 22.4. The fourth-order valence-electron chi connectivity index (χ4n) is 4.59. The van der Waals surface area contributed by atoms with E-state index in [1.54, 1.807) is 0 Å². The van der Waals surface area contributed by atoms with Crippen molar-refractivity contribution in [1.82, 2.24) is 9.80 Å². The molecule has 0 radical (unpaired) electrons. The SMILES string of the molecule is CCN(CC(CC(C)C)N1CCCC1)C(=O)C(c1ccc(Cl)cc1)c1ccc(Cl)cc1. The van der Waals surface area contributed by atoms with Crippen LogP contribution in [0.4, 0.5) is 0 Å². The molecule has 1 aliphatic heterocycles. The van der Waals surface area contributed by atoms with Gasteiger partial charge in [-0.25, -0.2) is 0 Å². The van der Waals surface area contributed by atoms with Gasteiger partial charge in [0.05, 0.1) is 5.92 Å². The number of halogens is 2. The van der Waals surface area contributed by atoms with Gasteiger partial charge < -0.3 is 4.90 Å². The van der Waals surface area contributed by atoms with Gasteiger partial charge in [0.2, 0.25) is 5.91 Å². The van der Waals surface area contributed by atoms with Crippen LogP contribution in [0.15, 0.2) is 48.5 Å². The molecule has 1 fully saturated rings. The van der Waals surface area contributed by atoms with Gasteiger partial charge in [-0.2, -0.15) is 0 Å². The standard InChI is InChI=1S/C26H34Cl2N2O/c1-4-29(18-24(17-19(2)3)30-15-5-6-16-30)26(31)25(20-7-11-22(27)12-8-20)21-9-13-23(28)14-10-21/h7-14,19,24-25H,4-6,15-18H2,1-3H3. The molecule has 5 heteroatoms. The highest BCUT2D eigenvalue weighted by atomic mass is 35.5. The predicted octanol–water partition coefficient (Wildman–Crippen LogP) is 6.48. The van der Waals surface area contributed by atoms with Gasteiger partial charge in [-0.3, -0.25) is 9.69 Å². The van der Waals surface area contributed by atoms with Crippen molar-refractivity contribution < 1.29 is 4.79 Å². The number of benzene rings is 2. The summed E-state index contributed by atoms with van der Waals surface area (Å²) < 4.78 is 0. The summed E-state index contributed by atoms with van der Waals surface area (Å²) in [5.41, 5.74) is 1.91. The van der Waals surface area contributed by atoms with Crippen LogP contribution in [-0.2, 0) is 4.79 Å². The van der Waals surface area contributed by atoms with Crippen molar-refractivity contribution in [2.75, 3.05) is 26.2 Å². The second-order valence-electron chi connectivity index (χ2n) is 8.94. The second-order valence-corrected chi connectivity index (χ2v) is 9.81. The molecular weight excluding hydrogens is 427 g/mol. The molecule has 0 bridgehead atoms. The van der Waals surface area contributed by atoms with Gasteiger partial charge in [0, 0.05) is 29.2 Å². The van der Waals surface area contributed by atoms with Crippen LogP contribution in [0.2, 0.25) is 10.0 Å². The van der Waals surface area contributed by atoms with Crippen molar-refractivity contribution in [2.24, 2.45) is 5.92 Å². The number of hydrogen-bond donors (Lipinski definition) is 0. The van der Waals surface area contributed by atoms with Gasteiger partial charge in [0.15, 0.2) is 0 Å². The fraction of sp³-hybridized carbons (Fsp3) is 0.500. The molecule has 0 N–H and O–H groups in total. The molecule has 0 aromatic heterocycles. The van der Waals surface area contributed by atoms with Crippen molar-refractivity contribution in [2.45, 2.75) is 52.0 Å². The number of carbonyl (C=O) groups is 1. The average molecular weight is 461 g/mol. The molecule has 0 aliphatic carbocycles. The summed E-state index contributed by atoms with van der Waals surface area (Å²) >= 11 is 12.2. The maximum Gasteiger partial charge on any atom is 0.234 e. The molecule has 168 valence electrons. The summed E-state index contributed by atoms with van der Waals surface area (Å²) in [5, 5.41) is 1.34. The minimum absolute atomic E-state index is 0.139.